The maximum absolute atomic E-state index is 17.2. The van der Waals surface area contributed by atoms with Gasteiger partial charge in [-0.2, -0.15) is 9.97 Å². The molecule has 3 fully saturated rings. The Hall–Kier alpha value is -5.45. The highest BCUT2D eigenvalue weighted by molar-refractivity contribution is 6.04. The van der Waals surface area contributed by atoms with E-state index in [9.17, 15) is 9.18 Å². The molecule has 5 aromatic rings. The Balaban J connectivity index is 1.27. The number of aromatic nitrogens is 3. The Kier molecular flexibility index (Phi) is 9.04. The molecule has 2 N–H and O–H groups in total. The lowest BCUT2D eigenvalue weighted by atomic mass is 9.95. The minimum Gasteiger partial charge on any atom is -0.461 e. The first-order chi connectivity index (χ1) is 25.7. The first-order valence-corrected chi connectivity index (χ1v) is 17.7. The molecule has 272 valence electrons. The van der Waals surface area contributed by atoms with Gasteiger partial charge in [-0.1, -0.05) is 24.1 Å². The van der Waals surface area contributed by atoms with Gasteiger partial charge in [0.15, 0.2) is 5.82 Å². The van der Waals surface area contributed by atoms with Gasteiger partial charge in [0.25, 0.3) is 0 Å². The molecular formula is C40H37F3N6O4. The molecule has 2 atom stereocenters. The molecule has 3 aliphatic heterocycles. The molecule has 8 rings (SSSR count). The summed E-state index contributed by atoms with van der Waals surface area (Å²) in [7, 11) is 0. The predicted octanol–water partition coefficient (Wildman–Crippen LogP) is 6.40. The standard InChI is InChI=1S/C40H37F3N6O4/c1-3-27-30(42)10-9-24-17-26(53-38(50)32-23(2)7-4-8-31(32)44)18-28(33(24)27)35-34(43)36-29(20-45-35)37(48-12-6-15-51-16-14-48)47-39(46-36)52-22-40-11-5-13-49(40)21-25(41)19-40/h1,4,7-10,17-18,20,25H,5-6,11-16,19,21-22,44H2,2H3/t25-,40?/m1/s1. The van der Waals surface area contributed by atoms with Gasteiger partial charge in [-0.15, -0.1) is 6.42 Å². The first-order valence-electron chi connectivity index (χ1n) is 17.7. The average Bonchev–Trinajstić information content (AvgIpc) is 3.52. The molecule has 0 radical (unpaired) electrons. The van der Waals surface area contributed by atoms with Crippen LogP contribution in [0.15, 0.2) is 48.7 Å². The van der Waals surface area contributed by atoms with Crippen molar-refractivity contribution < 1.29 is 32.2 Å². The molecule has 3 aromatic carbocycles. The molecule has 53 heavy (non-hydrogen) atoms. The van der Waals surface area contributed by atoms with Crippen molar-refractivity contribution >= 4 is 39.1 Å². The van der Waals surface area contributed by atoms with Crippen LogP contribution in [0.5, 0.6) is 11.8 Å². The molecule has 0 amide bonds. The second-order valence-electron chi connectivity index (χ2n) is 13.9. The Morgan fingerprint density at radius 2 is 2.00 bits per heavy atom. The Morgan fingerprint density at radius 1 is 1.13 bits per heavy atom. The highest BCUT2D eigenvalue weighted by Gasteiger charge is 2.49. The van der Waals surface area contributed by atoms with E-state index in [1.807, 2.05) is 4.90 Å². The average molecular weight is 723 g/mol. The van der Waals surface area contributed by atoms with Crippen molar-refractivity contribution in [3.63, 3.8) is 0 Å². The number of halogens is 3. The van der Waals surface area contributed by atoms with E-state index in [1.54, 1.807) is 25.1 Å². The van der Waals surface area contributed by atoms with E-state index in [-0.39, 0.29) is 57.3 Å². The molecule has 2 aromatic heterocycles. The van der Waals surface area contributed by atoms with Crippen molar-refractivity contribution in [2.45, 2.75) is 44.3 Å². The number of carbonyl (C=O) groups is 1. The number of rotatable bonds is 7. The number of esters is 1. The molecule has 1 unspecified atom stereocenters. The van der Waals surface area contributed by atoms with E-state index in [2.05, 4.69) is 20.8 Å². The summed E-state index contributed by atoms with van der Waals surface area (Å²) in [6, 6.07) is 10.6. The predicted molar refractivity (Wildman–Crippen MR) is 195 cm³/mol. The van der Waals surface area contributed by atoms with Gasteiger partial charge < -0.3 is 24.8 Å². The van der Waals surface area contributed by atoms with E-state index >= 15 is 8.78 Å². The molecule has 10 nitrogen and oxygen atoms in total. The number of benzene rings is 3. The van der Waals surface area contributed by atoms with Crippen molar-refractivity contribution in [1.82, 2.24) is 19.9 Å². The minimum atomic E-state index is -0.952. The van der Waals surface area contributed by atoms with Gasteiger partial charge in [-0.3, -0.25) is 9.88 Å². The van der Waals surface area contributed by atoms with E-state index in [0.29, 0.717) is 61.4 Å². The number of nitrogen functional groups attached to an aromatic ring is 1. The number of nitrogens with two attached hydrogens (primary N) is 1. The summed E-state index contributed by atoms with van der Waals surface area (Å²) in [4.78, 5) is 31.4. The second kappa shape index (κ2) is 13.8. The molecule has 0 aliphatic carbocycles. The first kappa shape index (κ1) is 34.6. The lowest BCUT2D eigenvalue weighted by molar-refractivity contribution is 0.0735. The van der Waals surface area contributed by atoms with Crippen molar-refractivity contribution in [2.75, 3.05) is 56.6 Å². The lowest BCUT2D eigenvalue weighted by Gasteiger charge is -2.31. The van der Waals surface area contributed by atoms with E-state index in [4.69, 9.17) is 31.4 Å². The van der Waals surface area contributed by atoms with Gasteiger partial charge in [-0.05, 0) is 67.9 Å². The lowest BCUT2D eigenvalue weighted by Crippen LogP contribution is -2.43. The number of aryl methyl sites for hydroxylation is 1. The molecular weight excluding hydrogens is 685 g/mol. The number of hydrogen-bond acceptors (Lipinski definition) is 10. The third-order valence-corrected chi connectivity index (χ3v) is 10.6. The van der Waals surface area contributed by atoms with Crippen molar-refractivity contribution in [3.8, 4) is 35.4 Å². The number of alkyl halides is 1. The zero-order valence-electron chi connectivity index (χ0n) is 29.1. The van der Waals surface area contributed by atoms with E-state index in [1.165, 1.54) is 30.5 Å². The SMILES string of the molecule is C#Cc1c(F)ccc2cc(OC(=O)c3c(C)cccc3N)cc(-c3ncc4c(N5CCCOCC5)nc(OCC56CCCN5C[C@H](F)C6)nc4c3F)c12. The van der Waals surface area contributed by atoms with Crippen LogP contribution in [0.25, 0.3) is 32.9 Å². The van der Waals surface area contributed by atoms with Gasteiger partial charge >= 0.3 is 12.0 Å². The van der Waals surface area contributed by atoms with Crippen LogP contribution in [0.3, 0.4) is 0 Å². The number of carbonyl (C=O) groups excluding carboxylic acids is 1. The summed E-state index contributed by atoms with van der Waals surface area (Å²) in [5.41, 5.74) is 6.34. The molecule has 0 bridgehead atoms. The molecule has 0 saturated carbocycles. The number of hydrogen-bond donors (Lipinski definition) is 1. The molecule has 3 aliphatic rings. The highest BCUT2D eigenvalue weighted by atomic mass is 19.1. The maximum atomic E-state index is 17.2. The van der Waals surface area contributed by atoms with E-state index in [0.717, 1.165) is 25.8 Å². The van der Waals surface area contributed by atoms with Crippen molar-refractivity contribution in [3.05, 3.63) is 77.0 Å². The fourth-order valence-corrected chi connectivity index (χ4v) is 8.05. The molecule has 3 saturated heterocycles. The smallest absolute Gasteiger partial charge is 0.345 e. The Bertz CT molecular complexity index is 2290. The number of anilines is 2. The Labute approximate surface area is 304 Å². The summed E-state index contributed by atoms with van der Waals surface area (Å²) < 4.78 is 64.7. The monoisotopic (exact) mass is 722 g/mol. The molecule has 13 heteroatoms. The topological polar surface area (TPSA) is 116 Å². The minimum absolute atomic E-state index is 0.0381. The number of terminal acetylenes is 1. The van der Waals surface area contributed by atoms with E-state index < -0.39 is 29.3 Å². The van der Waals surface area contributed by atoms with Gasteiger partial charge in [0.2, 0.25) is 0 Å². The number of fused-ring (bicyclic) bond motifs is 3. The normalized spacial score (nSPS) is 20.4. The van der Waals surface area contributed by atoms with Crippen LogP contribution < -0.4 is 20.1 Å². The number of ether oxygens (including phenoxy) is 3. The van der Waals surface area contributed by atoms with Crippen LogP contribution in [-0.4, -0.2) is 83.5 Å². The summed E-state index contributed by atoms with van der Waals surface area (Å²) in [5.74, 6) is 0.599. The van der Waals surface area contributed by atoms with Crippen molar-refractivity contribution in [1.29, 1.82) is 0 Å². The van der Waals surface area contributed by atoms with Crippen LogP contribution in [0.1, 0.15) is 47.2 Å². The van der Waals surface area contributed by atoms with Gasteiger partial charge in [0.1, 0.15) is 41.4 Å². The molecule has 5 heterocycles. The largest absolute Gasteiger partial charge is 0.461 e. The van der Waals surface area contributed by atoms with Gasteiger partial charge in [0, 0.05) is 55.5 Å². The Morgan fingerprint density at radius 3 is 2.83 bits per heavy atom. The molecule has 0 spiro atoms. The zero-order valence-corrected chi connectivity index (χ0v) is 29.1. The summed E-state index contributed by atoms with van der Waals surface area (Å²) >= 11 is 0. The zero-order chi connectivity index (χ0) is 36.9. The van der Waals surface area contributed by atoms with Crippen LogP contribution >= 0.6 is 0 Å². The number of pyridine rings is 1. The maximum Gasteiger partial charge on any atom is 0.345 e. The summed E-state index contributed by atoms with van der Waals surface area (Å²) in [5, 5.41) is 0.918. The highest BCUT2D eigenvalue weighted by Crippen LogP contribution is 2.42. The van der Waals surface area contributed by atoms with Crippen molar-refractivity contribution in [2.24, 2.45) is 0 Å². The summed E-state index contributed by atoms with van der Waals surface area (Å²) in [6.45, 7) is 5.11. The van der Waals surface area contributed by atoms with Crippen LogP contribution in [0.4, 0.5) is 24.7 Å². The third-order valence-electron chi connectivity index (χ3n) is 10.6. The fraction of sp³-hybridized carbons (Fsp3) is 0.350. The fourth-order valence-electron chi connectivity index (χ4n) is 8.05. The number of nitrogens with zero attached hydrogens (tertiary/aromatic N) is 5. The third kappa shape index (κ3) is 6.25. The van der Waals surface area contributed by atoms with Crippen LogP contribution in [0, 0.1) is 30.9 Å². The second-order valence-corrected chi connectivity index (χ2v) is 13.9. The van der Waals surface area contributed by atoms with Gasteiger partial charge in [0.05, 0.1) is 28.7 Å². The summed E-state index contributed by atoms with van der Waals surface area (Å²) in [6.07, 6.45) is 9.09. The van der Waals surface area contributed by atoms with Gasteiger partial charge in [-0.25, -0.2) is 18.0 Å². The van der Waals surface area contributed by atoms with Crippen LogP contribution in [0.2, 0.25) is 0 Å². The quantitative estimate of drug-likeness (QED) is 0.0877. The van der Waals surface area contributed by atoms with Crippen LogP contribution in [-0.2, 0) is 4.74 Å².